The van der Waals surface area contributed by atoms with Gasteiger partial charge in [0.15, 0.2) is 11.6 Å². The molecule has 0 atom stereocenters. The molecule has 3 aromatic rings. The van der Waals surface area contributed by atoms with Gasteiger partial charge in [-0.05, 0) is 23.8 Å². The van der Waals surface area contributed by atoms with Gasteiger partial charge in [-0.25, -0.2) is 0 Å². The molecule has 35 heavy (non-hydrogen) atoms. The van der Waals surface area contributed by atoms with Crippen molar-refractivity contribution in [3.05, 3.63) is 42.5 Å². The molecule has 1 amide bonds. The van der Waals surface area contributed by atoms with E-state index in [1.165, 1.54) is 6.92 Å². The molecule has 2 aliphatic rings. The lowest BCUT2D eigenvalue weighted by atomic mass is 9.99. The number of nitrogens with one attached hydrogen (secondary N) is 2. The summed E-state index contributed by atoms with van der Waals surface area (Å²) in [5, 5.41) is 21.6. The Morgan fingerprint density at radius 2 is 1.91 bits per heavy atom. The lowest BCUT2D eigenvalue weighted by molar-refractivity contribution is -0.114. The second kappa shape index (κ2) is 10.4. The van der Waals surface area contributed by atoms with Crippen LogP contribution in [0.2, 0.25) is 0 Å². The zero-order valence-electron chi connectivity index (χ0n) is 19.8. The normalized spacial score (nSPS) is 16.8. The zero-order valence-corrected chi connectivity index (χ0v) is 19.8. The van der Waals surface area contributed by atoms with Gasteiger partial charge < -0.3 is 34.6 Å². The fourth-order valence-corrected chi connectivity index (χ4v) is 4.46. The van der Waals surface area contributed by atoms with Crippen LogP contribution in [0.3, 0.4) is 0 Å². The molecule has 0 unspecified atom stereocenters. The van der Waals surface area contributed by atoms with Crippen LogP contribution in [0.15, 0.2) is 47.0 Å². The highest BCUT2D eigenvalue weighted by Crippen LogP contribution is 2.41. The van der Waals surface area contributed by atoms with E-state index < -0.39 is 0 Å². The first-order chi connectivity index (χ1) is 17.1. The van der Waals surface area contributed by atoms with Crippen LogP contribution in [-0.4, -0.2) is 61.7 Å². The first kappa shape index (κ1) is 23.2. The van der Waals surface area contributed by atoms with E-state index in [-0.39, 0.29) is 17.8 Å². The summed E-state index contributed by atoms with van der Waals surface area (Å²) in [7, 11) is 0. The number of benzene rings is 2. The molecule has 2 aromatic carbocycles. The van der Waals surface area contributed by atoms with E-state index in [9.17, 15) is 9.90 Å². The Hall–Kier alpha value is -3.56. The maximum absolute atomic E-state index is 11.7. The number of amides is 1. The third-order valence-electron chi connectivity index (χ3n) is 6.31. The number of aromatic hydroxyl groups is 1. The lowest BCUT2D eigenvalue weighted by Gasteiger charge is -2.26. The molecule has 9 nitrogen and oxygen atoms in total. The highest BCUT2D eigenvalue weighted by Gasteiger charge is 2.21. The average Bonchev–Trinajstić information content (AvgIpc) is 3.36. The quantitative estimate of drug-likeness (QED) is 0.493. The number of para-hydroxylation sites is 1. The maximum atomic E-state index is 11.7. The smallest absolute Gasteiger partial charge is 0.221 e. The van der Waals surface area contributed by atoms with Gasteiger partial charge >= 0.3 is 0 Å². The minimum absolute atomic E-state index is 0.00374. The predicted octanol–water partition coefficient (Wildman–Crippen LogP) is 3.64. The monoisotopic (exact) mass is 478 g/mol. The fourth-order valence-electron chi connectivity index (χ4n) is 4.46. The molecule has 5 rings (SSSR count). The van der Waals surface area contributed by atoms with Gasteiger partial charge in [0.1, 0.15) is 17.6 Å². The Kier molecular flexibility index (Phi) is 6.87. The Balaban J connectivity index is 1.45. The van der Waals surface area contributed by atoms with Crippen molar-refractivity contribution in [2.24, 2.45) is 0 Å². The minimum Gasteiger partial charge on any atom is -0.507 e. The number of ether oxygens (including phenoxy) is 2. The van der Waals surface area contributed by atoms with E-state index in [4.69, 9.17) is 14.0 Å². The van der Waals surface area contributed by atoms with E-state index in [0.717, 1.165) is 50.4 Å². The second-order valence-corrected chi connectivity index (χ2v) is 8.81. The summed E-state index contributed by atoms with van der Waals surface area (Å²) in [6, 6.07) is 12.9. The van der Waals surface area contributed by atoms with Gasteiger partial charge in [0, 0.05) is 57.6 Å². The second-order valence-electron chi connectivity index (χ2n) is 8.81. The number of nitrogens with zero attached hydrogens (tertiary/aromatic N) is 2. The van der Waals surface area contributed by atoms with Crippen molar-refractivity contribution in [1.82, 2.24) is 10.5 Å². The fraction of sp³-hybridized carbons (Fsp3) is 0.385. The van der Waals surface area contributed by atoms with Gasteiger partial charge in [-0.2, -0.15) is 0 Å². The van der Waals surface area contributed by atoms with E-state index in [1.807, 2.05) is 36.4 Å². The molecule has 9 heteroatoms. The molecule has 3 heterocycles. The van der Waals surface area contributed by atoms with Crippen molar-refractivity contribution in [1.29, 1.82) is 0 Å². The largest absolute Gasteiger partial charge is 0.507 e. The van der Waals surface area contributed by atoms with Gasteiger partial charge in [0.05, 0.1) is 24.5 Å². The molecule has 0 saturated carbocycles. The summed E-state index contributed by atoms with van der Waals surface area (Å²) in [5.41, 5.74) is 2.56. The molecule has 2 saturated heterocycles. The number of rotatable bonds is 6. The van der Waals surface area contributed by atoms with Gasteiger partial charge in [-0.1, -0.05) is 23.4 Å². The van der Waals surface area contributed by atoms with Crippen molar-refractivity contribution < 1.29 is 23.9 Å². The lowest BCUT2D eigenvalue weighted by Crippen LogP contribution is -2.43. The summed E-state index contributed by atoms with van der Waals surface area (Å²) in [4.78, 5) is 13.9. The molecule has 2 aliphatic heterocycles. The summed E-state index contributed by atoms with van der Waals surface area (Å²) in [6.07, 6.45) is 1.57. The summed E-state index contributed by atoms with van der Waals surface area (Å²) in [6.45, 7) is 6.27. The van der Waals surface area contributed by atoms with Crippen LogP contribution in [0.4, 0.5) is 11.5 Å². The van der Waals surface area contributed by atoms with Crippen molar-refractivity contribution in [2.45, 2.75) is 25.9 Å². The number of phenols is 1. The van der Waals surface area contributed by atoms with Crippen LogP contribution < -0.4 is 20.3 Å². The number of aromatic nitrogens is 1. The third kappa shape index (κ3) is 5.26. The highest BCUT2D eigenvalue weighted by atomic mass is 16.5. The van der Waals surface area contributed by atoms with Crippen LogP contribution in [-0.2, 0) is 9.53 Å². The predicted molar refractivity (Wildman–Crippen MR) is 133 cm³/mol. The van der Waals surface area contributed by atoms with E-state index >= 15 is 0 Å². The Bertz CT molecular complexity index is 1180. The average molecular weight is 479 g/mol. The van der Waals surface area contributed by atoms with Crippen LogP contribution in [0.25, 0.3) is 22.5 Å². The molecule has 0 radical (unpaired) electrons. The standard InChI is InChI=1S/C26H30N4O5/c1-17(31)28-22-6-5-18(15-24(22)34-19-7-13-33-14-8-19)20-3-2-4-21(26(20)32)23-16-25(29-35-23)30-11-9-27-10-12-30/h2-6,15-16,19,27,32H,7-14H2,1H3,(H,28,31). The number of hydrogen-bond donors (Lipinski definition) is 3. The highest BCUT2D eigenvalue weighted by molar-refractivity contribution is 5.91. The molecule has 1 aromatic heterocycles. The molecule has 3 N–H and O–H groups in total. The molecule has 0 aliphatic carbocycles. The Morgan fingerprint density at radius 3 is 2.69 bits per heavy atom. The Morgan fingerprint density at radius 1 is 1.14 bits per heavy atom. The maximum Gasteiger partial charge on any atom is 0.221 e. The zero-order chi connectivity index (χ0) is 24.2. The SMILES string of the molecule is CC(=O)Nc1ccc(-c2cccc(-c3cc(N4CCNCC4)no3)c2O)cc1OC1CCOCC1. The molecular weight excluding hydrogens is 448 g/mol. The van der Waals surface area contributed by atoms with E-state index in [0.29, 0.717) is 41.5 Å². The van der Waals surface area contributed by atoms with Crippen LogP contribution in [0.5, 0.6) is 11.5 Å². The summed E-state index contributed by atoms with van der Waals surface area (Å²) < 4.78 is 17.3. The molecule has 184 valence electrons. The molecule has 0 spiro atoms. The van der Waals surface area contributed by atoms with Gasteiger partial charge in [-0.3, -0.25) is 4.79 Å². The Labute approximate surface area is 204 Å². The van der Waals surface area contributed by atoms with Gasteiger partial charge in [0.25, 0.3) is 0 Å². The van der Waals surface area contributed by atoms with Crippen LogP contribution in [0.1, 0.15) is 19.8 Å². The number of piperazine rings is 1. The van der Waals surface area contributed by atoms with E-state index in [1.54, 1.807) is 6.07 Å². The number of carbonyl (C=O) groups excluding carboxylic acids is 1. The molecule has 2 fully saturated rings. The third-order valence-corrected chi connectivity index (χ3v) is 6.31. The minimum atomic E-state index is -0.176. The first-order valence-corrected chi connectivity index (χ1v) is 12.0. The first-order valence-electron chi connectivity index (χ1n) is 12.0. The number of carbonyl (C=O) groups is 1. The summed E-state index contributed by atoms with van der Waals surface area (Å²) >= 11 is 0. The number of hydrogen-bond acceptors (Lipinski definition) is 8. The van der Waals surface area contributed by atoms with Crippen molar-refractivity contribution >= 4 is 17.4 Å². The van der Waals surface area contributed by atoms with Gasteiger partial charge in [-0.15, -0.1) is 0 Å². The van der Waals surface area contributed by atoms with Gasteiger partial charge in [0.2, 0.25) is 5.91 Å². The van der Waals surface area contributed by atoms with Crippen LogP contribution in [0, 0.1) is 0 Å². The van der Waals surface area contributed by atoms with Crippen LogP contribution >= 0.6 is 0 Å². The molecule has 0 bridgehead atoms. The topological polar surface area (TPSA) is 109 Å². The van der Waals surface area contributed by atoms with Crippen molar-refractivity contribution in [3.8, 4) is 33.9 Å². The van der Waals surface area contributed by atoms with E-state index in [2.05, 4.69) is 20.7 Å². The molecular formula is C26H30N4O5. The van der Waals surface area contributed by atoms with Crippen molar-refractivity contribution in [3.63, 3.8) is 0 Å². The number of phenolic OH excluding ortho intramolecular Hbond substituents is 1. The number of anilines is 2. The van der Waals surface area contributed by atoms with Crippen molar-refractivity contribution in [2.75, 3.05) is 49.6 Å². The summed E-state index contributed by atoms with van der Waals surface area (Å²) in [5.74, 6) is 1.75.